The molecule has 0 atom stereocenters. The van der Waals surface area contributed by atoms with Gasteiger partial charge in [-0.1, -0.05) is 69.5 Å². The third-order valence-corrected chi connectivity index (χ3v) is 5.72. The lowest BCUT2D eigenvalue weighted by Gasteiger charge is -2.22. The molecule has 0 bridgehead atoms. The third-order valence-electron chi connectivity index (χ3n) is 4.48. The number of hydrogen-bond acceptors (Lipinski definition) is 1. The SMILES string of the molecule is CC.c1ccc2c(c1)sc1c(C3CCCCC3)cccc12. The van der Waals surface area contributed by atoms with Crippen LogP contribution in [-0.2, 0) is 0 Å². The Balaban J connectivity index is 0.000000636. The van der Waals surface area contributed by atoms with Crippen molar-refractivity contribution in [3.8, 4) is 0 Å². The van der Waals surface area contributed by atoms with E-state index in [1.807, 2.05) is 25.2 Å². The molecular formula is C20H24S. The average molecular weight is 296 g/mol. The molecule has 0 radical (unpaired) electrons. The van der Waals surface area contributed by atoms with Gasteiger partial charge in [0.1, 0.15) is 0 Å². The van der Waals surface area contributed by atoms with Crippen LogP contribution in [0.5, 0.6) is 0 Å². The minimum Gasteiger partial charge on any atom is -0.135 e. The minimum absolute atomic E-state index is 0.797. The summed E-state index contributed by atoms with van der Waals surface area (Å²) in [7, 11) is 0. The molecule has 1 saturated carbocycles. The highest BCUT2D eigenvalue weighted by atomic mass is 32.1. The van der Waals surface area contributed by atoms with Gasteiger partial charge < -0.3 is 0 Å². The Morgan fingerprint density at radius 1 is 0.810 bits per heavy atom. The van der Waals surface area contributed by atoms with Crippen molar-refractivity contribution >= 4 is 31.5 Å². The van der Waals surface area contributed by atoms with E-state index in [9.17, 15) is 0 Å². The monoisotopic (exact) mass is 296 g/mol. The van der Waals surface area contributed by atoms with Gasteiger partial charge in [0.2, 0.25) is 0 Å². The molecule has 1 fully saturated rings. The van der Waals surface area contributed by atoms with E-state index in [4.69, 9.17) is 0 Å². The summed E-state index contributed by atoms with van der Waals surface area (Å²) in [5.41, 5.74) is 1.61. The molecule has 0 nitrogen and oxygen atoms in total. The fourth-order valence-electron chi connectivity index (χ4n) is 3.50. The first-order valence-electron chi connectivity index (χ1n) is 8.33. The lowest BCUT2D eigenvalue weighted by atomic mass is 9.84. The summed E-state index contributed by atoms with van der Waals surface area (Å²) in [5.74, 6) is 0.797. The van der Waals surface area contributed by atoms with Crippen LogP contribution in [0, 0.1) is 0 Å². The molecular weight excluding hydrogens is 272 g/mol. The molecule has 1 heterocycles. The van der Waals surface area contributed by atoms with Crippen LogP contribution in [0.15, 0.2) is 42.5 Å². The van der Waals surface area contributed by atoms with Crippen molar-refractivity contribution in [3.05, 3.63) is 48.0 Å². The van der Waals surface area contributed by atoms with Gasteiger partial charge >= 0.3 is 0 Å². The van der Waals surface area contributed by atoms with Crippen LogP contribution in [0.3, 0.4) is 0 Å². The Bertz CT molecular complexity index is 717. The van der Waals surface area contributed by atoms with Crippen molar-refractivity contribution in [2.75, 3.05) is 0 Å². The molecule has 0 unspecified atom stereocenters. The quantitative estimate of drug-likeness (QED) is 0.448. The van der Waals surface area contributed by atoms with E-state index in [1.54, 1.807) is 5.56 Å². The zero-order chi connectivity index (χ0) is 14.7. The number of thiophene rings is 1. The lowest BCUT2D eigenvalue weighted by molar-refractivity contribution is 0.446. The molecule has 21 heavy (non-hydrogen) atoms. The largest absolute Gasteiger partial charge is 0.135 e. The lowest BCUT2D eigenvalue weighted by Crippen LogP contribution is -2.04. The molecule has 1 heteroatoms. The predicted octanol–water partition coefficient (Wildman–Crippen LogP) is 7.13. The van der Waals surface area contributed by atoms with Gasteiger partial charge in [-0.15, -0.1) is 11.3 Å². The first-order chi connectivity index (χ1) is 10.4. The summed E-state index contributed by atoms with van der Waals surface area (Å²) in [5, 5.41) is 2.89. The second-order valence-corrected chi connectivity index (χ2v) is 6.71. The maximum Gasteiger partial charge on any atom is 0.0390 e. The van der Waals surface area contributed by atoms with Crippen LogP contribution in [0.4, 0.5) is 0 Å². The maximum absolute atomic E-state index is 2.37. The fourth-order valence-corrected chi connectivity index (χ4v) is 4.80. The second-order valence-electron chi connectivity index (χ2n) is 5.66. The topological polar surface area (TPSA) is 0 Å². The molecule has 0 aliphatic heterocycles. The van der Waals surface area contributed by atoms with Crippen LogP contribution in [-0.4, -0.2) is 0 Å². The Labute approximate surface area is 131 Å². The molecule has 0 amide bonds. The maximum atomic E-state index is 2.37. The van der Waals surface area contributed by atoms with Gasteiger partial charge in [0.25, 0.3) is 0 Å². The summed E-state index contributed by atoms with van der Waals surface area (Å²) in [6, 6.07) is 15.7. The highest BCUT2D eigenvalue weighted by molar-refractivity contribution is 7.26. The molecule has 0 saturated heterocycles. The second kappa shape index (κ2) is 6.62. The molecule has 0 N–H and O–H groups in total. The van der Waals surface area contributed by atoms with Gasteiger partial charge in [-0.2, -0.15) is 0 Å². The van der Waals surface area contributed by atoms with Crippen LogP contribution in [0.2, 0.25) is 0 Å². The van der Waals surface area contributed by atoms with Crippen LogP contribution < -0.4 is 0 Å². The molecule has 1 aliphatic rings. The Morgan fingerprint density at radius 3 is 2.33 bits per heavy atom. The fraction of sp³-hybridized carbons (Fsp3) is 0.400. The predicted molar refractivity (Wildman–Crippen MR) is 96.5 cm³/mol. The third kappa shape index (κ3) is 2.72. The molecule has 110 valence electrons. The van der Waals surface area contributed by atoms with Crippen molar-refractivity contribution in [1.82, 2.24) is 0 Å². The zero-order valence-electron chi connectivity index (χ0n) is 13.1. The summed E-state index contributed by atoms with van der Waals surface area (Å²) in [6.45, 7) is 4.00. The van der Waals surface area contributed by atoms with Gasteiger partial charge in [-0.05, 0) is 30.4 Å². The van der Waals surface area contributed by atoms with Gasteiger partial charge in [0, 0.05) is 20.2 Å². The van der Waals surface area contributed by atoms with Gasteiger partial charge in [0.05, 0.1) is 0 Å². The van der Waals surface area contributed by atoms with Crippen LogP contribution >= 0.6 is 11.3 Å². The van der Waals surface area contributed by atoms with Crippen molar-refractivity contribution in [1.29, 1.82) is 0 Å². The highest BCUT2D eigenvalue weighted by Gasteiger charge is 2.19. The number of fused-ring (bicyclic) bond motifs is 3. The van der Waals surface area contributed by atoms with E-state index in [1.165, 1.54) is 52.3 Å². The number of rotatable bonds is 1. The van der Waals surface area contributed by atoms with Crippen molar-refractivity contribution < 1.29 is 0 Å². The molecule has 1 aliphatic carbocycles. The van der Waals surface area contributed by atoms with Crippen molar-refractivity contribution in [2.24, 2.45) is 0 Å². The van der Waals surface area contributed by atoms with Crippen molar-refractivity contribution in [2.45, 2.75) is 51.9 Å². The summed E-state index contributed by atoms with van der Waals surface area (Å²) < 4.78 is 2.97. The summed E-state index contributed by atoms with van der Waals surface area (Å²) in [4.78, 5) is 0. The first kappa shape index (κ1) is 14.6. The van der Waals surface area contributed by atoms with E-state index in [0.717, 1.165) is 5.92 Å². The van der Waals surface area contributed by atoms with Crippen molar-refractivity contribution in [3.63, 3.8) is 0 Å². The summed E-state index contributed by atoms with van der Waals surface area (Å²) in [6.07, 6.45) is 7.01. The minimum atomic E-state index is 0.797. The molecule has 1 aromatic heterocycles. The van der Waals surface area contributed by atoms with E-state index in [2.05, 4.69) is 42.5 Å². The first-order valence-corrected chi connectivity index (χ1v) is 9.15. The standard InChI is InChI=1S/C18H18S.C2H6/c1-2-7-13(8-3-1)14-10-6-11-16-15-9-4-5-12-17(15)19-18(14)16;1-2/h4-6,9-13H,1-3,7-8H2;1-2H3. The Morgan fingerprint density at radius 2 is 1.52 bits per heavy atom. The summed E-state index contributed by atoms with van der Waals surface area (Å²) >= 11 is 1.98. The van der Waals surface area contributed by atoms with Gasteiger partial charge in [-0.3, -0.25) is 0 Å². The molecule has 4 rings (SSSR count). The van der Waals surface area contributed by atoms with E-state index < -0.39 is 0 Å². The molecule has 0 spiro atoms. The van der Waals surface area contributed by atoms with Gasteiger partial charge in [-0.25, -0.2) is 0 Å². The Kier molecular flexibility index (Phi) is 4.60. The van der Waals surface area contributed by atoms with Gasteiger partial charge in [0.15, 0.2) is 0 Å². The van der Waals surface area contributed by atoms with Crippen LogP contribution in [0.25, 0.3) is 20.2 Å². The molecule has 3 aromatic rings. The zero-order valence-corrected chi connectivity index (χ0v) is 13.9. The highest BCUT2D eigenvalue weighted by Crippen LogP contribution is 2.42. The van der Waals surface area contributed by atoms with E-state index in [0.29, 0.717) is 0 Å². The van der Waals surface area contributed by atoms with Crippen LogP contribution in [0.1, 0.15) is 57.4 Å². The van der Waals surface area contributed by atoms with E-state index in [-0.39, 0.29) is 0 Å². The van der Waals surface area contributed by atoms with E-state index >= 15 is 0 Å². The normalized spacial score (nSPS) is 15.9. The average Bonchev–Trinajstić information content (AvgIpc) is 2.96. The smallest absolute Gasteiger partial charge is 0.0390 e. The number of benzene rings is 2. The Hall–Kier alpha value is -1.34. The molecule has 2 aromatic carbocycles. The number of hydrogen-bond donors (Lipinski definition) is 0.